The van der Waals surface area contributed by atoms with E-state index < -0.39 is 0 Å². The summed E-state index contributed by atoms with van der Waals surface area (Å²) < 4.78 is 6.88. The highest BCUT2D eigenvalue weighted by atomic mass is 35.5. The Morgan fingerprint density at radius 1 is 0.846 bits per heavy atom. The zero-order valence-corrected chi connectivity index (χ0v) is 22.9. The van der Waals surface area contributed by atoms with Gasteiger partial charge in [-0.15, -0.1) is 0 Å². The van der Waals surface area contributed by atoms with Crippen molar-refractivity contribution in [3.05, 3.63) is 136 Å². The van der Waals surface area contributed by atoms with Crippen LogP contribution in [0.3, 0.4) is 0 Å². The molecule has 4 aromatic carbocycles. The van der Waals surface area contributed by atoms with Crippen molar-refractivity contribution >= 4 is 29.1 Å². The molecule has 5 aromatic rings. The number of benzene rings is 4. The zero-order valence-electron chi connectivity index (χ0n) is 21.4. The van der Waals surface area contributed by atoms with Crippen LogP contribution in [0.1, 0.15) is 34.0 Å². The minimum Gasteiger partial charge on any atom is -0.497 e. The number of aromatic nitrogens is 2. The Hall–Kier alpha value is -4.06. The fourth-order valence-corrected chi connectivity index (χ4v) is 4.87. The maximum absolute atomic E-state index is 13.5. The first-order chi connectivity index (χ1) is 19.0. The number of ether oxygens (including phenoxy) is 1. The fourth-order valence-electron chi connectivity index (χ4n) is 4.58. The monoisotopic (exact) mass is 555 g/mol. The number of nitrogens with zero attached hydrogens (tertiary/aromatic N) is 2. The van der Waals surface area contributed by atoms with Gasteiger partial charge in [-0.25, -0.2) is 4.68 Å². The van der Waals surface area contributed by atoms with Gasteiger partial charge in [0.25, 0.3) is 5.91 Å². The number of nitrogens with one attached hydrogen (secondary N) is 1. The molecule has 1 aromatic heterocycles. The quantitative estimate of drug-likeness (QED) is 0.202. The molecule has 0 spiro atoms. The van der Waals surface area contributed by atoms with Crippen LogP contribution in [-0.4, -0.2) is 29.3 Å². The van der Waals surface area contributed by atoms with E-state index in [9.17, 15) is 4.79 Å². The Kier molecular flexibility index (Phi) is 8.30. The van der Waals surface area contributed by atoms with E-state index in [-0.39, 0.29) is 11.8 Å². The molecule has 0 aliphatic heterocycles. The van der Waals surface area contributed by atoms with Gasteiger partial charge in [0.15, 0.2) is 0 Å². The first-order valence-corrected chi connectivity index (χ1v) is 13.4. The van der Waals surface area contributed by atoms with Gasteiger partial charge in [0.1, 0.15) is 11.4 Å². The lowest BCUT2D eigenvalue weighted by molar-refractivity contribution is 0.0945. The zero-order chi connectivity index (χ0) is 27.2. The lowest BCUT2D eigenvalue weighted by atomic mass is 9.88. The Balaban J connectivity index is 1.41. The largest absolute Gasteiger partial charge is 0.497 e. The average Bonchev–Trinajstić information content (AvgIpc) is 3.43. The van der Waals surface area contributed by atoms with Crippen LogP contribution in [0, 0.1) is 0 Å². The number of methoxy groups -OCH3 is 1. The number of amides is 1. The molecule has 0 bridgehead atoms. The van der Waals surface area contributed by atoms with Gasteiger partial charge in [-0.05, 0) is 66.1 Å². The lowest BCUT2D eigenvalue weighted by Crippen LogP contribution is -2.28. The van der Waals surface area contributed by atoms with Gasteiger partial charge in [0.2, 0.25) is 0 Å². The van der Waals surface area contributed by atoms with Crippen molar-refractivity contribution in [2.24, 2.45) is 0 Å². The van der Waals surface area contributed by atoms with Gasteiger partial charge in [-0.3, -0.25) is 4.79 Å². The summed E-state index contributed by atoms with van der Waals surface area (Å²) in [6, 6.07) is 35.2. The number of carbonyl (C=O) groups is 1. The summed E-state index contributed by atoms with van der Waals surface area (Å²) in [5.74, 6) is 0.669. The molecular weight excluding hydrogens is 529 g/mol. The Morgan fingerprint density at radius 3 is 2.08 bits per heavy atom. The second-order valence-electron chi connectivity index (χ2n) is 9.07. The molecule has 0 atom stereocenters. The molecule has 0 unspecified atom stereocenters. The van der Waals surface area contributed by atoms with Crippen molar-refractivity contribution in [3.8, 4) is 22.7 Å². The van der Waals surface area contributed by atoms with Crippen LogP contribution in [0.15, 0.2) is 109 Å². The summed E-state index contributed by atoms with van der Waals surface area (Å²) in [5.41, 5.74) is 4.97. The fraction of sp³-hybridized carbons (Fsp3) is 0.125. The molecule has 0 aliphatic rings. The van der Waals surface area contributed by atoms with Gasteiger partial charge in [-0.1, -0.05) is 83.9 Å². The molecule has 1 heterocycles. The molecule has 1 amide bonds. The molecule has 0 radical (unpaired) electrons. The molecule has 39 heavy (non-hydrogen) atoms. The second-order valence-corrected chi connectivity index (χ2v) is 9.89. The van der Waals surface area contributed by atoms with E-state index in [4.69, 9.17) is 33.0 Å². The standard InChI is InChI=1S/C32H27Cl2N3O2/c1-39-26-15-12-24(13-16-26)30-21-31(37(36-30)25-14-17-28(33)29(34)20-25)32(38)35-19-18-27(22-8-4-2-5-9-22)23-10-6-3-7-11-23/h2-17,20-21,27H,18-19H2,1H3,(H,35,38). The molecule has 196 valence electrons. The van der Waals surface area contributed by atoms with Crippen LogP contribution in [0.25, 0.3) is 16.9 Å². The van der Waals surface area contributed by atoms with Gasteiger partial charge in [0.05, 0.1) is 28.5 Å². The summed E-state index contributed by atoms with van der Waals surface area (Å²) in [5, 5.41) is 8.68. The van der Waals surface area contributed by atoms with Crippen molar-refractivity contribution in [1.29, 1.82) is 0 Å². The first kappa shape index (κ1) is 26.5. The third kappa shape index (κ3) is 6.17. The molecule has 7 heteroatoms. The third-order valence-corrected chi connectivity index (χ3v) is 7.34. The van der Waals surface area contributed by atoms with E-state index in [0.29, 0.717) is 33.7 Å². The summed E-state index contributed by atoms with van der Waals surface area (Å²) in [6.45, 7) is 0.484. The number of carbonyl (C=O) groups excluding carboxylic acids is 1. The first-order valence-electron chi connectivity index (χ1n) is 12.6. The molecule has 0 saturated heterocycles. The topological polar surface area (TPSA) is 56.1 Å². The minimum absolute atomic E-state index is 0.155. The third-order valence-electron chi connectivity index (χ3n) is 6.60. The van der Waals surface area contributed by atoms with Crippen molar-refractivity contribution < 1.29 is 9.53 Å². The van der Waals surface area contributed by atoms with Crippen molar-refractivity contribution in [1.82, 2.24) is 15.1 Å². The van der Waals surface area contributed by atoms with Crippen LogP contribution in [0.4, 0.5) is 0 Å². The molecule has 0 aliphatic carbocycles. The maximum Gasteiger partial charge on any atom is 0.270 e. The summed E-state index contributed by atoms with van der Waals surface area (Å²) >= 11 is 12.4. The summed E-state index contributed by atoms with van der Waals surface area (Å²) in [7, 11) is 1.62. The highest BCUT2D eigenvalue weighted by molar-refractivity contribution is 6.42. The Morgan fingerprint density at radius 2 is 1.49 bits per heavy atom. The van der Waals surface area contributed by atoms with E-state index in [1.54, 1.807) is 36.1 Å². The molecule has 0 fully saturated rings. The minimum atomic E-state index is -0.229. The molecule has 1 N–H and O–H groups in total. The van der Waals surface area contributed by atoms with Crippen molar-refractivity contribution in [3.63, 3.8) is 0 Å². The van der Waals surface area contributed by atoms with Crippen molar-refractivity contribution in [2.75, 3.05) is 13.7 Å². The van der Waals surface area contributed by atoms with Gasteiger partial charge in [-0.2, -0.15) is 5.10 Å². The Labute approximate surface area is 238 Å². The average molecular weight is 556 g/mol. The van der Waals surface area contributed by atoms with Crippen LogP contribution in [-0.2, 0) is 0 Å². The summed E-state index contributed by atoms with van der Waals surface area (Å²) in [4.78, 5) is 13.5. The normalized spacial score (nSPS) is 11.0. The highest BCUT2D eigenvalue weighted by Gasteiger charge is 2.20. The van der Waals surface area contributed by atoms with Crippen LogP contribution in [0.2, 0.25) is 10.0 Å². The van der Waals surface area contributed by atoms with E-state index >= 15 is 0 Å². The maximum atomic E-state index is 13.5. The van der Waals surface area contributed by atoms with Gasteiger partial charge in [0, 0.05) is 18.0 Å². The molecule has 0 saturated carbocycles. The van der Waals surface area contributed by atoms with Crippen molar-refractivity contribution in [2.45, 2.75) is 12.3 Å². The van der Waals surface area contributed by atoms with E-state index in [2.05, 4.69) is 29.6 Å². The number of hydrogen-bond donors (Lipinski definition) is 1. The summed E-state index contributed by atoms with van der Waals surface area (Å²) in [6.07, 6.45) is 0.742. The van der Waals surface area contributed by atoms with Crippen LogP contribution < -0.4 is 10.1 Å². The molecular formula is C32H27Cl2N3O2. The number of rotatable bonds is 9. The van der Waals surface area contributed by atoms with E-state index in [1.807, 2.05) is 60.7 Å². The van der Waals surface area contributed by atoms with E-state index in [1.165, 1.54) is 11.1 Å². The smallest absolute Gasteiger partial charge is 0.270 e. The Bertz CT molecular complexity index is 1510. The lowest BCUT2D eigenvalue weighted by Gasteiger charge is -2.18. The van der Waals surface area contributed by atoms with Crippen LogP contribution >= 0.6 is 23.2 Å². The SMILES string of the molecule is COc1ccc(-c2cc(C(=O)NCCC(c3ccccc3)c3ccccc3)n(-c3ccc(Cl)c(Cl)c3)n2)cc1. The van der Waals surface area contributed by atoms with E-state index in [0.717, 1.165) is 17.7 Å². The van der Waals surface area contributed by atoms with Crippen LogP contribution in [0.5, 0.6) is 5.75 Å². The predicted molar refractivity (Wildman–Crippen MR) is 157 cm³/mol. The second kappa shape index (κ2) is 12.2. The predicted octanol–water partition coefficient (Wildman–Crippen LogP) is 7.81. The number of halogens is 2. The van der Waals surface area contributed by atoms with Gasteiger partial charge >= 0.3 is 0 Å². The molecule has 5 nitrogen and oxygen atoms in total. The molecule has 5 rings (SSSR count). The van der Waals surface area contributed by atoms with Gasteiger partial charge < -0.3 is 10.1 Å². The number of hydrogen-bond acceptors (Lipinski definition) is 3. The highest BCUT2D eigenvalue weighted by Crippen LogP contribution is 2.29.